The molecule has 0 N–H and O–H groups in total. The zero-order valence-corrected chi connectivity index (χ0v) is 18.6. The molecule has 0 amide bonds. The molecule has 1 atom stereocenters. The highest BCUT2D eigenvalue weighted by atomic mass is 32.2. The minimum atomic E-state index is 0.107. The van der Waals surface area contributed by atoms with Crippen molar-refractivity contribution < 1.29 is 4.74 Å². The van der Waals surface area contributed by atoms with Crippen molar-refractivity contribution in [2.75, 3.05) is 25.4 Å². The second kappa shape index (κ2) is 9.55. The van der Waals surface area contributed by atoms with Crippen LogP contribution in [0.2, 0.25) is 0 Å². The lowest BCUT2D eigenvalue weighted by atomic mass is 10.2. The molecule has 2 aromatic carbocycles. The SMILES string of the molecule is O=c1c2ccccc2nc(SCC2CN(Cc3ccccc3)CCO2)n1C1CCCC1. The van der Waals surface area contributed by atoms with Crippen LogP contribution in [0.25, 0.3) is 10.9 Å². The van der Waals surface area contributed by atoms with E-state index in [0.29, 0.717) is 0 Å². The van der Waals surface area contributed by atoms with Crippen LogP contribution in [0.15, 0.2) is 64.5 Å². The number of ether oxygens (including phenoxy) is 1. The molecule has 0 spiro atoms. The summed E-state index contributed by atoms with van der Waals surface area (Å²) in [5.41, 5.74) is 2.23. The van der Waals surface area contributed by atoms with Crippen molar-refractivity contribution in [2.45, 2.75) is 49.5 Å². The average Bonchev–Trinajstić information content (AvgIpc) is 3.33. The predicted molar refractivity (Wildman–Crippen MR) is 126 cm³/mol. The zero-order chi connectivity index (χ0) is 21.0. The number of fused-ring (bicyclic) bond motifs is 1. The topological polar surface area (TPSA) is 47.4 Å². The van der Waals surface area contributed by atoms with E-state index in [1.807, 2.05) is 28.8 Å². The molecule has 1 saturated heterocycles. The smallest absolute Gasteiger partial charge is 0.262 e. The van der Waals surface area contributed by atoms with Crippen LogP contribution in [0, 0.1) is 0 Å². The minimum absolute atomic E-state index is 0.107. The second-order valence-electron chi connectivity index (χ2n) is 8.55. The fraction of sp³-hybridized carbons (Fsp3) is 0.440. The van der Waals surface area contributed by atoms with Gasteiger partial charge in [-0.2, -0.15) is 0 Å². The monoisotopic (exact) mass is 435 g/mol. The lowest BCUT2D eigenvalue weighted by Gasteiger charge is -2.33. The van der Waals surface area contributed by atoms with Crippen LogP contribution in [-0.4, -0.2) is 46.0 Å². The van der Waals surface area contributed by atoms with Crippen molar-refractivity contribution in [3.63, 3.8) is 0 Å². The number of para-hydroxylation sites is 1. The van der Waals surface area contributed by atoms with Gasteiger partial charge in [-0.3, -0.25) is 14.3 Å². The number of aromatic nitrogens is 2. The summed E-state index contributed by atoms with van der Waals surface area (Å²) in [7, 11) is 0. The van der Waals surface area contributed by atoms with Gasteiger partial charge in [0.25, 0.3) is 5.56 Å². The molecule has 31 heavy (non-hydrogen) atoms. The molecule has 1 unspecified atom stereocenters. The highest BCUT2D eigenvalue weighted by molar-refractivity contribution is 7.99. The third-order valence-corrected chi connectivity index (χ3v) is 7.42. The zero-order valence-electron chi connectivity index (χ0n) is 17.8. The molecule has 0 bridgehead atoms. The van der Waals surface area contributed by atoms with Crippen molar-refractivity contribution in [1.29, 1.82) is 0 Å². The van der Waals surface area contributed by atoms with E-state index in [9.17, 15) is 4.79 Å². The first-order chi connectivity index (χ1) is 15.3. The number of hydrogen-bond acceptors (Lipinski definition) is 5. The number of morpholine rings is 1. The first-order valence-electron chi connectivity index (χ1n) is 11.3. The molecular formula is C25H29N3O2S. The Balaban J connectivity index is 1.33. The molecule has 2 fully saturated rings. The molecule has 162 valence electrons. The first-order valence-corrected chi connectivity index (χ1v) is 12.3. The van der Waals surface area contributed by atoms with Gasteiger partial charge in [0, 0.05) is 31.4 Å². The van der Waals surface area contributed by atoms with Crippen LogP contribution >= 0.6 is 11.8 Å². The van der Waals surface area contributed by atoms with E-state index in [1.165, 1.54) is 18.4 Å². The number of thioether (sulfide) groups is 1. The number of rotatable bonds is 6. The van der Waals surface area contributed by atoms with Crippen LogP contribution < -0.4 is 5.56 Å². The number of benzene rings is 2. The largest absolute Gasteiger partial charge is 0.375 e. The van der Waals surface area contributed by atoms with Crippen LogP contribution in [-0.2, 0) is 11.3 Å². The van der Waals surface area contributed by atoms with E-state index in [2.05, 4.69) is 35.2 Å². The van der Waals surface area contributed by atoms with Crippen LogP contribution in [0.3, 0.4) is 0 Å². The summed E-state index contributed by atoms with van der Waals surface area (Å²) in [5.74, 6) is 0.808. The normalized spacial score (nSPS) is 20.5. The van der Waals surface area contributed by atoms with Crippen molar-refractivity contribution >= 4 is 22.7 Å². The summed E-state index contributed by atoms with van der Waals surface area (Å²) in [5, 5.41) is 1.57. The Hall–Kier alpha value is -2.15. The standard InChI is InChI=1S/C25H29N3O2S/c29-24-22-12-6-7-13-23(22)26-25(28(24)20-10-4-5-11-20)31-18-21-17-27(14-15-30-21)16-19-8-2-1-3-9-19/h1-3,6-9,12-13,20-21H,4-5,10-11,14-18H2. The summed E-state index contributed by atoms with van der Waals surface area (Å²) < 4.78 is 8.05. The van der Waals surface area contributed by atoms with Crippen LogP contribution in [0.1, 0.15) is 37.3 Å². The highest BCUT2D eigenvalue weighted by Crippen LogP contribution is 2.32. The van der Waals surface area contributed by atoms with Gasteiger partial charge in [-0.25, -0.2) is 4.98 Å². The van der Waals surface area contributed by atoms with E-state index in [1.54, 1.807) is 11.8 Å². The fourth-order valence-electron chi connectivity index (χ4n) is 4.75. The van der Waals surface area contributed by atoms with Gasteiger partial charge >= 0.3 is 0 Å². The molecule has 5 rings (SSSR count). The molecule has 2 heterocycles. The Morgan fingerprint density at radius 2 is 1.81 bits per heavy atom. The van der Waals surface area contributed by atoms with E-state index in [-0.39, 0.29) is 17.7 Å². The number of nitrogens with zero attached hydrogens (tertiary/aromatic N) is 3. The lowest BCUT2D eigenvalue weighted by Crippen LogP contribution is -2.43. The van der Waals surface area contributed by atoms with Gasteiger partial charge in [0.15, 0.2) is 5.16 Å². The summed E-state index contributed by atoms with van der Waals surface area (Å²) >= 11 is 1.68. The van der Waals surface area contributed by atoms with E-state index >= 15 is 0 Å². The second-order valence-corrected chi connectivity index (χ2v) is 9.54. The van der Waals surface area contributed by atoms with Gasteiger partial charge in [0.1, 0.15) is 0 Å². The maximum absolute atomic E-state index is 13.3. The summed E-state index contributed by atoms with van der Waals surface area (Å²) in [6.45, 7) is 3.56. The molecule has 5 nitrogen and oxygen atoms in total. The van der Waals surface area contributed by atoms with Crippen LogP contribution in [0.5, 0.6) is 0 Å². The summed E-state index contributed by atoms with van der Waals surface area (Å²) in [4.78, 5) is 20.7. The molecule has 1 saturated carbocycles. The van der Waals surface area contributed by atoms with Crippen molar-refractivity contribution in [3.05, 3.63) is 70.5 Å². The molecule has 2 aliphatic rings. The van der Waals surface area contributed by atoms with Gasteiger partial charge in [-0.15, -0.1) is 0 Å². The molecule has 6 heteroatoms. The third-order valence-electron chi connectivity index (χ3n) is 6.34. The van der Waals surface area contributed by atoms with E-state index < -0.39 is 0 Å². The maximum atomic E-state index is 13.3. The van der Waals surface area contributed by atoms with Gasteiger partial charge in [0.2, 0.25) is 0 Å². The van der Waals surface area contributed by atoms with Gasteiger partial charge in [-0.1, -0.05) is 67.1 Å². The Bertz CT molecular complexity index is 1080. The number of hydrogen-bond donors (Lipinski definition) is 0. The molecule has 1 aliphatic heterocycles. The predicted octanol–water partition coefficient (Wildman–Crippen LogP) is 4.50. The maximum Gasteiger partial charge on any atom is 0.262 e. The Morgan fingerprint density at radius 3 is 2.65 bits per heavy atom. The first kappa shape index (κ1) is 20.7. The van der Waals surface area contributed by atoms with Gasteiger partial charge in [0.05, 0.1) is 23.6 Å². The molecular weight excluding hydrogens is 406 g/mol. The molecule has 1 aliphatic carbocycles. The van der Waals surface area contributed by atoms with Gasteiger partial charge < -0.3 is 4.74 Å². The fourth-order valence-corrected chi connectivity index (χ4v) is 5.82. The molecule has 1 aromatic heterocycles. The lowest BCUT2D eigenvalue weighted by molar-refractivity contribution is -0.0187. The van der Waals surface area contributed by atoms with Crippen molar-refractivity contribution in [1.82, 2.24) is 14.5 Å². The van der Waals surface area contributed by atoms with Gasteiger partial charge in [-0.05, 0) is 30.5 Å². The third kappa shape index (κ3) is 4.71. The Morgan fingerprint density at radius 1 is 1.03 bits per heavy atom. The van der Waals surface area contributed by atoms with E-state index in [4.69, 9.17) is 9.72 Å². The Labute approximate surface area is 187 Å². The molecule has 3 aromatic rings. The van der Waals surface area contributed by atoms with Crippen molar-refractivity contribution in [2.24, 2.45) is 0 Å². The van der Waals surface area contributed by atoms with Crippen LogP contribution in [0.4, 0.5) is 0 Å². The van der Waals surface area contributed by atoms with Crippen molar-refractivity contribution in [3.8, 4) is 0 Å². The van der Waals surface area contributed by atoms with E-state index in [0.717, 1.165) is 60.9 Å². The Kier molecular flexibility index (Phi) is 6.39. The quantitative estimate of drug-likeness (QED) is 0.421. The average molecular weight is 436 g/mol. The summed E-state index contributed by atoms with van der Waals surface area (Å²) in [6.07, 6.45) is 4.65. The molecule has 0 radical (unpaired) electrons. The minimum Gasteiger partial charge on any atom is -0.375 e. The highest BCUT2D eigenvalue weighted by Gasteiger charge is 2.25. The summed E-state index contributed by atoms with van der Waals surface area (Å²) in [6, 6.07) is 18.6.